The van der Waals surface area contributed by atoms with Gasteiger partial charge in [-0.3, -0.25) is 23.2 Å². The molecule has 0 spiro atoms. The predicted molar refractivity (Wildman–Crippen MR) is 281 cm³/mol. The molecule has 1 aliphatic rings. The molecule has 2 unspecified atom stereocenters. The summed E-state index contributed by atoms with van der Waals surface area (Å²) in [6.07, 6.45) is 37.8. The summed E-state index contributed by atoms with van der Waals surface area (Å²) in [6.45, 7) is 1.79. The van der Waals surface area contributed by atoms with Gasteiger partial charge in [-0.2, -0.15) is 9.29 Å². The number of rotatable bonds is 42. The number of nitrogens with two attached hydrogens (primary N) is 1. The molecule has 2 rings (SSSR count). The summed E-state index contributed by atoms with van der Waals surface area (Å²) in [6, 6.07) is 1.24. The van der Waals surface area contributed by atoms with Crippen molar-refractivity contribution in [1.82, 2.24) is 9.55 Å². The number of esters is 2. The number of aliphatic hydroxyl groups is 3. The molecule has 1 fully saturated rings. The molecule has 0 saturated carbocycles. The second-order valence-electron chi connectivity index (χ2n) is 17.8. The standard InChI is InChI=1S/C52H85N3O16P2/c1-3-5-6-7-8-9-10-11-12-13-14-19-22-25-28-31-34-37-48(58)69-44(40-66-47(57)36-33-30-27-24-21-18-16-15-17-20-23-26-29-32-35-43(56)4-2)41-67-72(62,63)71-73(64,65)68-42-45-49(59)50(60)51(70-45)55-39-38-46(53)54-52(55)61/h8-9,11-12,16-18,20,24,26-27,29,38-39,43-45,49-51,56,59-60H,3-7,10,13-15,19,21-23,25,28,30-37,40-42H2,1-2H3,(H,62,63)(H,64,65)(H2,53,54,61)/b9-8-,12-11-,18-16-,20-17-,27-24-,29-26-/t43-,44+,45+,49+,50+,51+/m0/s1. The van der Waals surface area contributed by atoms with E-state index < -0.39 is 83.7 Å². The third-order valence-electron chi connectivity index (χ3n) is 11.4. The summed E-state index contributed by atoms with van der Waals surface area (Å²) in [7, 11) is -10.9. The van der Waals surface area contributed by atoms with Gasteiger partial charge < -0.3 is 45.1 Å². The Bertz CT molecular complexity index is 2020. The minimum atomic E-state index is -5.45. The highest BCUT2D eigenvalue weighted by Crippen LogP contribution is 2.60. The molecule has 2 heterocycles. The van der Waals surface area contributed by atoms with Crippen LogP contribution in [-0.4, -0.2) is 96.9 Å². The topological polar surface area (TPSA) is 286 Å². The second-order valence-corrected chi connectivity index (χ2v) is 20.8. The molecule has 1 saturated heterocycles. The number of nitrogen functional groups attached to an aromatic ring is 1. The number of anilines is 1. The number of aliphatic hydroxyl groups excluding tert-OH is 3. The van der Waals surface area contributed by atoms with E-state index in [-0.39, 0.29) is 24.8 Å². The maximum Gasteiger partial charge on any atom is 0.481 e. The molecule has 0 aliphatic carbocycles. The molecule has 0 amide bonds. The number of ether oxygens (including phenoxy) is 3. The van der Waals surface area contributed by atoms with Crippen molar-refractivity contribution in [3.63, 3.8) is 0 Å². The lowest BCUT2D eigenvalue weighted by molar-refractivity contribution is -0.161. The Kier molecular flexibility index (Phi) is 35.4. The lowest BCUT2D eigenvalue weighted by atomic mass is 10.1. The van der Waals surface area contributed by atoms with Crippen LogP contribution < -0.4 is 11.4 Å². The van der Waals surface area contributed by atoms with Crippen molar-refractivity contribution in [2.24, 2.45) is 0 Å². The molecule has 8 atom stereocenters. The summed E-state index contributed by atoms with van der Waals surface area (Å²) in [5.74, 6) is -1.40. The molecule has 73 heavy (non-hydrogen) atoms. The Morgan fingerprint density at radius 2 is 1.23 bits per heavy atom. The second kappa shape index (κ2) is 39.6. The first kappa shape index (κ1) is 65.3. The van der Waals surface area contributed by atoms with E-state index in [0.29, 0.717) is 19.3 Å². The monoisotopic (exact) mass is 1070 g/mol. The Labute approximate surface area is 432 Å². The highest BCUT2D eigenvalue weighted by atomic mass is 31.3. The highest BCUT2D eigenvalue weighted by Gasteiger charge is 2.46. The number of hydrogen-bond donors (Lipinski definition) is 6. The molecule has 0 bridgehead atoms. The van der Waals surface area contributed by atoms with Crippen LogP contribution in [0.5, 0.6) is 0 Å². The van der Waals surface area contributed by atoms with Gasteiger partial charge in [-0.05, 0) is 96.0 Å². The van der Waals surface area contributed by atoms with Gasteiger partial charge in [0.15, 0.2) is 12.3 Å². The van der Waals surface area contributed by atoms with Crippen molar-refractivity contribution in [1.29, 1.82) is 0 Å². The van der Waals surface area contributed by atoms with Crippen molar-refractivity contribution in [2.45, 2.75) is 198 Å². The maximum absolute atomic E-state index is 12.9. The quantitative estimate of drug-likeness (QED) is 0.0154. The molecule has 1 aliphatic heterocycles. The first-order chi connectivity index (χ1) is 35.1. The van der Waals surface area contributed by atoms with Crippen LogP contribution in [0, 0.1) is 0 Å². The zero-order valence-electron chi connectivity index (χ0n) is 43.0. The molecule has 1 aromatic rings. The molecule has 7 N–H and O–H groups in total. The van der Waals surface area contributed by atoms with Gasteiger partial charge in [0.25, 0.3) is 0 Å². The van der Waals surface area contributed by atoms with Gasteiger partial charge in [0, 0.05) is 19.0 Å². The fraction of sp³-hybridized carbons (Fsp3) is 0.654. The SMILES string of the molecule is CCCCC/C=C\C/C=C\CCCCCCCCCC(=O)O[C@H](COC(=O)CCC/C=C\C/C=C\C/C=C\C/C=C\CC[C@@H](O)CC)COP(=O)(O)OP(=O)(O)OC[C@H]1O[C@@H](n2ccc(N)nc2=O)[C@H](O)[C@@H]1O. The predicted octanol–water partition coefficient (Wildman–Crippen LogP) is 9.86. The van der Waals surface area contributed by atoms with E-state index in [2.05, 4.69) is 70.9 Å². The van der Waals surface area contributed by atoms with Gasteiger partial charge in [0.1, 0.15) is 30.7 Å². The number of hydrogen-bond acceptors (Lipinski definition) is 16. The average molecular weight is 1070 g/mol. The van der Waals surface area contributed by atoms with E-state index in [1.807, 2.05) is 25.2 Å². The summed E-state index contributed by atoms with van der Waals surface area (Å²) in [5.41, 5.74) is 4.58. The summed E-state index contributed by atoms with van der Waals surface area (Å²) in [5, 5.41) is 30.5. The normalized spacial score (nSPS) is 20.0. The van der Waals surface area contributed by atoms with Gasteiger partial charge in [0.2, 0.25) is 0 Å². The Balaban J connectivity index is 1.82. The van der Waals surface area contributed by atoms with E-state index in [1.165, 1.54) is 25.3 Å². The van der Waals surface area contributed by atoms with Gasteiger partial charge in [-0.25, -0.2) is 13.9 Å². The Hall–Kier alpha value is -3.84. The van der Waals surface area contributed by atoms with Crippen molar-refractivity contribution in [3.8, 4) is 0 Å². The average Bonchev–Trinajstić information content (AvgIpc) is 3.63. The number of nitrogens with zero attached hydrogens (tertiary/aromatic N) is 2. The fourth-order valence-corrected chi connectivity index (χ4v) is 9.31. The van der Waals surface area contributed by atoms with Crippen LogP contribution in [0.25, 0.3) is 0 Å². The zero-order chi connectivity index (χ0) is 53.6. The molecular formula is C52H85N3O16P2. The number of allylic oxidation sites excluding steroid dienone is 12. The van der Waals surface area contributed by atoms with Crippen molar-refractivity contribution >= 4 is 33.4 Å². The molecule has 21 heteroatoms. The van der Waals surface area contributed by atoms with Crippen molar-refractivity contribution in [3.05, 3.63) is 95.7 Å². The summed E-state index contributed by atoms with van der Waals surface area (Å²) in [4.78, 5) is 61.9. The summed E-state index contributed by atoms with van der Waals surface area (Å²) < 4.78 is 56.7. The third kappa shape index (κ3) is 32.3. The number of unbranched alkanes of at least 4 members (excludes halogenated alkanes) is 11. The first-order valence-corrected chi connectivity index (χ1v) is 29.0. The molecule has 414 valence electrons. The van der Waals surface area contributed by atoms with E-state index in [9.17, 15) is 48.6 Å². The van der Waals surface area contributed by atoms with Crippen molar-refractivity contribution < 1.29 is 71.4 Å². The first-order valence-electron chi connectivity index (χ1n) is 26.0. The minimum absolute atomic E-state index is 0.0193. The van der Waals surface area contributed by atoms with Crippen molar-refractivity contribution in [2.75, 3.05) is 25.6 Å². The number of aromatic nitrogens is 2. The van der Waals surface area contributed by atoms with Crippen LogP contribution >= 0.6 is 15.6 Å². The van der Waals surface area contributed by atoms with Crippen LogP contribution in [0.4, 0.5) is 5.82 Å². The Morgan fingerprint density at radius 3 is 1.82 bits per heavy atom. The number of carbonyl (C=O) groups is 2. The third-order valence-corrected chi connectivity index (χ3v) is 14.0. The van der Waals surface area contributed by atoms with Crippen LogP contribution in [0.15, 0.2) is 90.0 Å². The van der Waals surface area contributed by atoms with Gasteiger partial charge >= 0.3 is 33.3 Å². The summed E-state index contributed by atoms with van der Waals surface area (Å²) >= 11 is 0. The fourth-order valence-electron chi connectivity index (χ4n) is 7.20. The number of phosphoric ester groups is 2. The lowest BCUT2D eigenvalue weighted by Gasteiger charge is -2.21. The van der Waals surface area contributed by atoms with Gasteiger partial charge in [-0.1, -0.05) is 132 Å². The highest BCUT2D eigenvalue weighted by molar-refractivity contribution is 7.61. The smallest absolute Gasteiger partial charge is 0.462 e. The number of carbonyl (C=O) groups excluding carboxylic acids is 2. The maximum atomic E-state index is 12.9. The number of phosphoric acid groups is 2. The minimum Gasteiger partial charge on any atom is -0.462 e. The van der Waals surface area contributed by atoms with Gasteiger partial charge in [0.05, 0.1) is 19.3 Å². The van der Waals surface area contributed by atoms with E-state index in [4.69, 9.17) is 29.0 Å². The van der Waals surface area contributed by atoms with Crippen LogP contribution in [0.1, 0.15) is 168 Å². The van der Waals surface area contributed by atoms with Crippen LogP contribution in [0.3, 0.4) is 0 Å². The largest absolute Gasteiger partial charge is 0.481 e. The molecule has 19 nitrogen and oxygen atoms in total. The Morgan fingerprint density at radius 1 is 0.712 bits per heavy atom. The van der Waals surface area contributed by atoms with Gasteiger partial charge in [-0.15, -0.1) is 0 Å². The van der Waals surface area contributed by atoms with E-state index in [1.54, 1.807) is 0 Å². The molecular weight excluding hydrogens is 985 g/mol. The van der Waals surface area contributed by atoms with E-state index in [0.717, 1.165) is 107 Å². The molecule has 1 aromatic heterocycles. The van der Waals surface area contributed by atoms with Crippen LogP contribution in [-0.2, 0) is 46.3 Å². The molecule has 0 aromatic carbocycles. The lowest BCUT2D eigenvalue weighted by Crippen LogP contribution is -2.36. The zero-order valence-corrected chi connectivity index (χ0v) is 44.8. The van der Waals surface area contributed by atoms with E-state index >= 15 is 0 Å². The van der Waals surface area contributed by atoms with Crippen LogP contribution in [0.2, 0.25) is 0 Å². The molecule has 0 radical (unpaired) electrons.